The number of methoxy groups -OCH3 is 1. The van der Waals surface area contributed by atoms with Crippen LogP contribution in [0.4, 0.5) is 8.78 Å². The van der Waals surface area contributed by atoms with Crippen molar-refractivity contribution in [1.82, 2.24) is 10.3 Å². The molecule has 6 nitrogen and oxygen atoms in total. The number of hydrogen-bond donors (Lipinski definition) is 2. The van der Waals surface area contributed by atoms with Gasteiger partial charge in [-0.2, -0.15) is 0 Å². The van der Waals surface area contributed by atoms with Crippen molar-refractivity contribution in [2.75, 3.05) is 7.11 Å². The van der Waals surface area contributed by atoms with Crippen molar-refractivity contribution in [2.24, 2.45) is 0 Å². The van der Waals surface area contributed by atoms with Crippen LogP contribution in [0.3, 0.4) is 0 Å². The SMILES string of the molecule is COc1cc(Cl)c(Cl)cc1-c1ccc(CC(NC(=O)c2c(F)cccc2F)C(=O)O)c2cccnc12. The van der Waals surface area contributed by atoms with Gasteiger partial charge in [0, 0.05) is 35.2 Å². The molecule has 0 bridgehead atoms. The molecule has 0 aliphatic carbocycles. The number of carboxylic acid groups (broad SMARTS) is 1. The molecule has 36 heavy (non-hydrogen) atoms. The normalized spacial score (nSPS) is 11.8. The van der Waals surface area contributed by atoms with Crippen molar-refractivity contribution in [1.29, 1.82) is 0 Å². The second kappa shape index (κ2) is 10.5. The number of hydrogen-bond acceptors (Lipinski definition) is 4. The van der Waals surface area contributed by atoms with E-state index in [9.17, 15) is 23.5 Å². The monoisotopic (exact) mass is 530 g/mol. The minimum atomic E-state index is -1.47. The molecule has 0 aliphatic rings. The summed E-state index contributed by atoms with van der Waals surface area (Å²) in [6, 6.07) is 11.6. The molecule has 1 heterocycles. The lowest BCUT2D eigenvalue weighted by Crippen LogP contribution is -2.43. The van der Waals surface area contributed by atoms with E-state index in [1.54, 1.807) is 42.6 Å². The summed E-state index contributed by atoms with van der Waals surface area (Å²) in [4.78, 5) is 28.9. The van der Waals surface area contributed by atoms with Gasteiger partial charge >= 0.3 is 5.97 Å². The molecular weight excluding hydrogens is 513 g/mol. The predicted octanol–water partition coefficient (Wildman–Crippen LogP) is 5.92. The summed E-state index contributed by atoms with van der Waals surface area (Å²) in [5.41, 5.74) is 1.51. The van der Waals surface area contributed by atoms with E-state index in [4.69, 9.17) is 27.9 Å². The smallest absolute Gasteiger partial charge is 0.326 e. The number of rotatable bonds is 7. The van der Waals surface area contributed by atoms with Crippen molar-refractivity contribution >= 4 is 46.0 Å². The van der Waals surface area contributed by atoms with E-state index in [2.05, 4.69) is 10.3 Å². The number of nitrogens with one attached hydrogen (secondary N) is 1. The molecule has 0 radical (unpaired) electrons. The van der Waals surface area contributed by atoms with Gasteiger partial charge in [-0.1, -0.05) is 47.5 Å². The number of aromatic nitrogens is 1. The molecule has 4 rings (SSSR count). The van der Waals surface area contributed by atoms with Gasteiger partial charge in [-0.25, -0.2) is 13.6 Å². The first-order valence-electron chi connectivity index (χ1n) is 10.6. The highest BCUT2D eigenvalue weighted by Gasteiger charge is 2.26. The number of carboxylic acids is 1. The van der Waals surface area contributed by atoms with E-state index in [0.29, 0.717) is 43.4 Å². The highest BCUT2D eigenvalue weighted by molar-refractivity contribution is 6.42. The Morgan fingerprint density at radius 3 is 2.39 bits per heavy atom. The zero-order chi connectivity index (χ0) is 26.0. The molecular formula is C26H18Cl2F2N2O4. The molecule has 1 unspecified atom stereocenters. The van der Waals surface area contributed by atoms with Gasteiger partial charge in [0.1, 0.15) is 29.0 Å². The molecule has 3 aromatic carbocycles. The molecule has 1 aromatic heterocycles. The molecule has 0 spiro atoms. The Kier molecular flexibility index (Phi) is 7.37. The van der Waals surface area contributed by atoms with E-state index >= 15 is 0 Å². The van der Waals surface area contributed by atoms with Crippen LogP contribution in [0.5, 0.6) is 5.75 Å². The number of amides is 1. The molecule has 0 fully saturated rings. The lowest BCUT2D eigenvalue weighted by atomic mass is 9.94. The summed E-state index contributed by atoms with van der Waals surface area (Å²) in [5, 5.41) is 13.2. The number of halogens is 4. The Morgan fingerprint density at radius 1 is 1.03 bits per heavy atom. The first-order valence-corrected chi connectivity index (χ1v) is 11.3. The number of carbonyl (C=O) groups is 2. The van der Waals surface area contributed by atoms with Gasteiger partial charge in [0.2, 0.25) is 0 Å². The molecule has 184 valence electrons. The molecule has 0 saturated carbocycles. The molecule has 4 aromatic rings. The van der Waals surface area contributed by atoms with E-state index in [1.807, 2.05) is 0 Å². The topological polar surface area (TPSA) is 88.5 Å². The van der Waals surface area contributed by atoms with Crippen LogP contribution in [0.2, 0.25) is 10.0 Å². The third-order valence-electron chi connectivity index (χ3n) is 5.61. The summed E-state index contributed by atoms with van der Waals surface area (Å²) in [5.74, 6) is -4.26. The van der Waals surface area contributed by atoms with Crippen molar-refractivity contribution in [3.8, 4) is 16.9 Å². The van der Waals surface area contributed by atoms with Gasteiger partial charge in [0.15, 0.2) is 0 Å². The number of aliphatic carboxylic acids is 1. The maximum Gasteiger partial charge on any atom is 0.326 e. The number of benzene rings is 3. The van der Waals surface area contributed by atoms with Crippen molar-refractivity contribution in [3.63, 3.8) is 0 Å². The van der Waals surface area contributed by atoms with Crippen molar-refractivity contribution in [3.05, 3.63) is 93.6 Å². The Labute approximate surface area is 214 Å². The Hall–Kier alpha value is -3.75. The molecule has 10 heteroatoms. The zero-order valence-electron chi connectivity index (χ0n) is 18.7. The van der Waals surface area contributed by atoms with E-state index in [1.165, 1.54) is 7.11 Å². The lowest BCUT2D eigenvalue weighted by Gasteiger charge is -2.18. The second-order valence-corrected chi connectivity index (χ2v) is 8.62. The predicted molar refractivity (Wildman–Crippen MR) is 133 cm³/mol. The highest BCUT2D eigenvalue weighted by atomic mass is 35.5. The number of nitrogens with zero attached hydrogens (tertiary/aromatic N) is 1. The van der Waals surface area contributed by atoms with Crippen LogP contribution in [0.1, 0.15) is 15.9 Å². The minimum Gasteiger partial charge on any atom is -0.496 e. The second-order valence-electron chi connectivity index (χ2n) is 7.80. The summed E-state index contributed by atoms with van der Waals surface area (Å²) in [6.45, 7) is 0. The van der Waals surface area contributed by atoms with Crippen LogP contribution in [0.25, 0.3) is 22.0 Å². The van der Waals surface area contributed by atoms with Crippen LogP contribution in [-0.4, -0.2) is 35.1 Å². The maximum absolute atomic E-state index is 14.0. The average molecular weight is 531 g/mol. The van der Waals surface area contributed by atoms with E-state index < -0.39 is 35.1 Å². The first kappa shape index (κ1) is 25.3. The molecule has 1 atom stereocenters. The lowest BCUT2D eigenvalue weighted by molar-refractivity contribution is -0.139. The van der Waals surface area contributed by atoms with Crippen LogP contribution in [0.15, 0.2) is 60.8 Å². The third-order valence-corrected chi connectivity index (χ3v) is 6.33. The Balaban J connectivity index is 1.74. The van der Waals surface area contributed by atoms with E-state index in [-0.39, 0.29) is 6.42 Å². The first-order chi connectivity index (χ1) is 17.2. The minimum absolute atomic E-state index is 0.169. The number of pyridine rings is 1. The van der Waals surface area contributed by atoms with Gasteiger partial charge in [0.05, 0.1) is 22.7 Å². The summed E-state index contributed by atoms with van der Waals surface area (Å²) < 4.78 is 33.5. The Bertz CT molecular complexity index is 1480. The third kappa shape index (κ3) is 4.96. The van der Waals surface area contributed by atoms with Gasteiger partial charge in [-0.3, -0.25) is 9.78 Å². The number of fused-ring (bicyclic) bond motifs is 1. The fraction of sp³-hybridized carbons (Fsp3) is 0.115. The van der Waals surface area contributed by atoms with Crippen LogP contribution < -0.4 is 10.1 Å². The number of ether oxygens (including phenoxy) is 1. The fourth-order valence-corrected chi connectivity index (χ4v) is 4.22. The van der Waals surface area contributed by atoms with Crippen LogP contribution >= 0.6 is 23.2 Å². The zero-order valence-corrected chi connectivity index (χ0v) is 20.2. The standard InChI is InChI=1S/C26H18Cl2F2N2O4/c1-36-22-12-18(28)17(27)11-16(22)15-8-7-13(14-4-3-9-31-24(14)15)10-21(26(34)35)32-25(33)23-19(29)5-2-6-20(23)30/h2-9,11-12,21H,10H2,1H3,(H,32,33)(H,34,35). The molecule has 2 N–H and O–H groups in total. The fourth-order valence-electron chi connectivity index (χ4n) is 3.90. The summed E-state index contributed by atoms with van der Waals surface area (Å²) >= 11 is 12.4. The van der Waals surface area contributed by atoms with Crippen molar-refractivity contribution in [2.45, 2.75) is 12.5 Å². The Morgan fingerprint density at radius 2 is 1.72 bits per heavy atom. The summed E-state index contributed by atoms with van der Waals surface area (Å²) in [6.07, 6.45) is 1.41. The largest absolute Gasteiger partial charge is 0.496 e. The van der Waals surface area contributed by atoms with Gasteiger partial charge < -0.3 is 15.2 Å². The average Bonchev–Trinajstić information content (AvgIpc) is 2.85. The van der Waals surface area contributed by atoms with Crippen molar-refractivity contribution < 1.29 is 28.2 Å². The van der Waals surface area contributed by atoms with Crippen LogP contribution in [0, 0.1) is 11.6 Å². The quantitative estimate of drug-likeness (QED) is 0.309. The molecule has 1 amide bonds. The van der Waals surface area contributed by atoms with E-state index in [0.717, 1.165) is 18.2 Å². The van der Waals surface area contributed by atoms with Gasteiger partial charge in [0.25, 0.3) is 5.91 Å². The maximum atomic E-state index is 14.0. The van der Waals surface area contributed by atoms with Gasteiger partial charge in [-0.15, -0.1) is 0 Å². The number of carbonyl (C=O) groups excluding carboxylic acids is 1. The van der Waals surface area contributed by atoms with Crippen LogP contribution in [-0.2, 0) is 11.2 Å². The molecule has 0 aliphatic heterocycles. The van der Waals surface area contributed by atoms with Gasteiger partial charge in [-0.05, 0) is 29.8 Å². The summed E-state index contributed by atoms with van der Waals surface area (Å²) in [7, 11) is 1.49. The highest BCUT2D eigenvalue weighted by Crippen LogP contribution is 2.40. The molecule has 0 saturated heterocycles.